The second-order valence-corrected chi connectivity index (χ2v) is 5.78. The number of aliphatic hydroxyl groups excluding tert-OH is 1. The maximum atomic E-state index is 9.91. The molecule has 0 amide bonds. The van der Waals surface area contributed by atoms with E-state index in [1.54, 1.807) is 12.1 Å². The molecular formula is C15H22ClNO2. The molecule has 0 radical (unpaired) electrons. The van der Waals surface area contributed by atoms with Crippen LogP contribution in [-0.2, 0) is 0 Å². The lowest BCUT2D eigenvalue weighted by atomic mass is 10.1. The topological polar surface area (TPSA) is 41.5 Å². The molecule has 3 unspecified atom stereocenters. The lowest BCUT2D eigenvalue weighted by Gasteiger charge is -2.20. The van der Waals surface area contributed by atoms with Crippen molar-refractivity contribution in [2.75, 3.05) is 13.2 Å². The first-order valence-electron chi connectivity index (χ1n) is 6.95. The van der Waals surface area contributed by atoms with Crippen molar-refractivity contribution in [3.63, 3.8) is 0 Å². The van der Waals surface area contributed by atoms with Crippen LogP contribution < -0.4 is 10.1 Å². The molecule has 3 atom stereocenters. The van der Waals surface area contributed by atoms with Crippen LogP contribution in [0.4, 0.5) is 0 Å². The smallest absolute Gasteiger partial charge is 0.120 e. The summed E-state index contributed by atoms with van der Waals surface area (Å²) in [6.07, 6.45) is 3.29. The Hall–Kier alpha value is -0.770. The first kappa shape index (κ1) is 14.6. The maximum absolute atomic E-state index is 9.91. The van der Waals surface area contributed by atoms with E-state index in [9.17, 15) is 5.11 Å². The first-order valence-corrected chi connectivity index (χ1v) is 7.33. The van der Waals surface area contributed by atoms with Crippen molar-refractivity contribution in [2.45, 2.75) is 38.3 Å². The molecule has 0 heterocycles. The summed E-state index contributed by atoms with van der Waals surface area (Å²) in [5, 5.41) is 14.0. The fourth-order valence-corrected chi connectivity index (χ4v) is 2.72. The minimum atomic E-state index is -0.494. The number of halogens is 1. The van der Waals surface area contributed by atoms with E-state index in [-0.39, 0.29) is 6.61 Å². The van der Waals surface area contributed by atoms with Crippen LogP contribution in [0.15, 0.2) is 24.3 Å². The van der Waals surface area contributed by atoms with Crippen molar-refractivity contribution in [3.05, 3.63) is 29.3 Å². The molecule has 0 saturated heterocycles. The van der Waals surface area contributed by atoms with Crippen LogP contribution >= 0.6 is 11.6 Å². The second-order valence-electron chi connectivity index (χ2n) is 5.35. The summed E-state index contributed by atoms with van der Waals surface area (Å²) < 4.78 is 5.52. The van der Waals surface area contributed by atoms with Crippen molar-refractivity contribution < 1.29 is 9.84 Å². The lowest BCUT2D eigenvalue weighted by molar-refractivity contribution is 0.102. The Balaban J connectivity index is 1.68. The number of benzene rings is 1. The third kappa shape index (κ3) is 4.68. The molecule has 1 aromatic rings. The van der Waals surface area contributed by atoms with Gasteiger partial charge in [0.05, 0.1) is 0 Å². The monoisotopic (exact) mass is 283 g/mol. The van der Waals surface area contributed by atoms with E-state index < -0.39 is 6.10 Å². The maximum Gasteiger partial charge on any atom is 0.120 e. The van der Waals surface area contributed by atoms with Crippen molar-refractivity contribution in [2.24, 2.45) is 5.92 Å². The molecule has 1 aliphatic rings. The molecule has 19 heavy (non-hydrogen) atoms. The van der Waals surface area contributed by atoms with E-state index in [1.807, 2.05) is 12.1 Å². The van der Waals surface area contributed by atoms with Gasteiger partial charge in [-0.25, -0.2) is 0 Å². The number of aliphatic hydroxyl groups is 1. The van der Waals surface area contributed by atoms with Crippen molar-refractivity contribution in [1.29, 1.82) is 0 Å². The Bertz CT molecular complexity index is 399. The fraction of sp³-hybridized carbons (Fsp3) is 0.600. The summed E-state index contributed by atoms with van der Waals surface area (Å²) in [4.78, 5) is 0. The number of hydrogen-bond donors (Lipinski definition) is 2. The average Bonchev–Trinajstić information content (AvgIpc) is 2.80. The van der Waals surface area contributed by atoms with E-state index >= 15 is 0 Å². The Kier molecular flexibility index (Phi) is 5.49. The Morgan fingerprint density at radius 3 is 3.00 bits per heavy atom. The highest BCUT2D eigenvalue weighted by Gasteiger charge is 2.23. The summed E-state index contributed by atoms with van der Waals surface area (Å²) in [5.74, 6) is 1.40. The van der Waals surface area contributed by atoms with Gasteiger partial charge in [0, 0.05) is 17.6 Å². The van der Waals surface area contributed by atoms with Gasteiger partial charge in [0.25, 0.3) is 0 Å². The third-order valence-electron chi connectivity index (χ3n) is 3.72. The summed E-state index contributed by atoms with van der Waals surface area (Å²) in [7, 11) is 0. The summed E-state index contributed by atoms with van der Waals surface area (Å²) in [6, 6.07) is 7.77. The number of ether oxygens (including phenoxy) is 1. The van der Waals surface area contributed by atoms with Crippen LogP contribution in [-0.4, -0.2) is 30.4 Å². The van der Waals surface area contributed by atoms with E-state index in [1.165, 1.54) is 19.3 Å². The molecule has 0 aromatic heterocycles. The van der Waals surface area contributed by atoms with Gasteiger partial charge in [-0.1, -0.05) is 31.0 Å². The Morgan fingerprint density at radius 1 is 1.47 bits per heavy atom. The predicted octanol–water partition coefficient (Wildman–Crippen LogP) is 2.86. The zero-order chi connectivity index (χ0) is 13.7. The Labute approximate surface area is 119 Å². The largest absolute Gasteiger partial charge is 0.491 e. The number of nitrogens with one attached hydrogen (secondary N) is 1. The quantitative estimate of drug-likeness (QED) is 0.843. The van der Waals surface area contributed by atoms with Gasteiger partial charge in [-0.15, -0.1) is 0 Å². The van der Waals surface area contributed by atoms with Crippen LogP contribution in [0.3, 0.4) is 0 Å². The molecule has 1 saturated carbocycles. The number of hydrogen-bond acceptors (Lipinski definition) is 3. The van der Waals surface area contributed by atoms with Gasteiger partial charge in [0.2, 0.25) is 0 Å². The van der Waals surface area contributed by atoms with Crippen LogP contribution in [0, 0.1) is 5.92 Å². The summed E-state index contributed by atoms with van der Waals surface area (Å²) >= 11 is 5.87. The normalized spacial score (nSPS) is 24.4. The molecule has 0 bridgehead atoms. The zero-order valence-electron chi connectivity index (χ0n) is 11.3. The van der Waals surface area contributed by atoms with Gasteiger partial charge in [0.15, 0.2) is 0 Å². The second kappa shape index (κ2) is 7.13. The molecule has 4 heteroatoms. The van der Waals surface area contributed by atoms with Crippen molar-refractivity contribution in [1.82, 2.24) is 5.32 Å². The van der Waals surface area contributed by atoms with Gasteiger partial charge in [0.1, 0.15) is 18.5 Å². The standard InChI is InChI=1S/C15H22ClNO2/c1-11-4-2-7-15(11)17-9-13(18)10-19-14-6-3-5-12(16)8-14/h3,5-6,8,11,13,15,17-18H,2,4,7,9-10H2,1H3. The van der Waals surface area contributed by atoms with Gasteiger partial charge in [-0.2, -0.15) is 0 Å². The van der Waals surface area contributed by atoms with Crippen LogP contribution in [0.5, 0.6) is 5.75 Å². The lowest BCUT2D eigenvalue weighted by Crippen LogP contribution is -2.39. The molecule has 0 aliphatic heterocycles. The minimum absolute atomic E-state index is 0.286. The van der Waals surface area contributed by atoms with Gasteiger partial charge >= 0.3 is 0 Å². The highest BCUT2D eigenvalue weighted by atomic mass is 35.5. The van der Waals surface area contributed by atoms with Gasteiger partial charge in [-0.05, 0) is 37.0 Å². The zero-order valence-corrected chi connectivity index (χ0v) is 12.1. The Morgan fingerprint density at radius 2 is 2.32 bits per heavy atom. The molecule has 3 nitrogen and oxygen atoms in total. The number of rotatable bonds is 6. The molecule has 1 fully saturated rings. The molecule has 0 spiro atoms. The molecular weight excluding hydrogens is 262 g/mol. The van der Waals surface area contributed by atoms with Crippen molar-refractivity contribution in [3.8, 4) is 5.75 Å². The van der Waals surface area contributed by atoms with Crippen LogP contribution in [0.25, 0.3) is 0 Å². The first-order chi connectivity index (χ1) is 9.15. The average molecular weight is 284 g/mol. The summed E-state index contributed by atoms with van der Waals surface area (Å²) in [5.41, 5.74) is 0. The van der Waals surface area contributed by atoms with Gasteiger partial charge in [-0.3, -0.25) is 0 Å². The van der Waals surface area contributed by atoms with E-state index in [4.69, 9.17) is 16.3 Å². The van der Waals surface area contributed by atoms with E-state index in [0.717, 1.165) is 0 Å². The van der Waals surface area contributed by atoms with Crippen LogP contribution in [0.1, 0.15) is 26.2 Å². The van der Waals surface area contributed by atoms with E-state index in [0.29, 0.717) is 29.3 Å². The molecule has 2 rings (SSSR count). The van der Waals surface area contributed by atoms with Crippen molar-refractivity contribution >= 4 is 11.6 Å². The highest BCUT2D eigenvalue weighted by Crippen LogP contribution is 2.24. The SMILES string of the molecule is CC1CCCC1NCC(O)COc1cccc(Cl)c1. The summed E-state index contributed by atoms with van der Waals surface area (Å²) in [6.45, 7) is 3.13. The third-order valence-corrected chi connectivity index (χ3v) is 3.95. The van der Waals surface area contributed by atoms with Crippen LogP contribution in [0.2, 0.25) is 5.02 Å². The highest BCUT2D eigenvalue weighted by molar-refractivity contribution is 6.30. The van der Waals surface area contributed by atoms with E-state index in [2.05, 4.69) is 12.2 Å². The predicted molar refractivity (Wildman–Crippen MR) is 77.8 cm³/mol. The molecule has 1 aliphatic carbocycles. The molecule has 106 valence electrons. The minimum Gasteiger partial charge on any atom is -0.491 e. The van der Waals surface area contributed by atoms with Gasteiger partial charge < -0.3 is 15.2 Å². The molecule has 1 aromatic carbocycles. The fourth-order valence-electron chi connectivity index (χ4n) is 2.54. The molecule has 2 N–H and O–H groups in total.